The molecule has 1 aliphatic heterocycles. The number of hydrogen-bond acceptors (Lipinski definition) is 5. The van der Waals surface area contributed by atoms with Gasteiger partial charge in [-0.05, 0) is 41.3 Å². The van der Waals surface area contributed by atoms with E-state index < -0.39 is 29.7 Å². The SMILES string of the molecule is [N-]=[N+]=NCC[C@H](NC(=O)[C@@H]1Cc2ccccc2CN1C(=O)CCC(=O)c1ccccc1)C(=O)Nc1cc(F)ccc1Cl. The molecule has 1 aliphatic rings. The van der Waals surface area contributed by atoms with Crippen LogP contribution in [0.1, 0.15) is 40.7 Å². The molecule has 10 nitrogen and oxygen atoms in total. The zero-order chi connectivity index (χ0) is 30.1. The third-order valence-electron chi connectivity index (χ3n) is 6.93. The molecule has 42 heavy (non-hydrogen) atoms. The van der Waals surface area contributed by atoms with E-state index in [1.54, 1.807) is 30.3 Å². The lowest BCUT2D eigenvalue weighted by Gasteiger charge is -2.36. The minimum Gasteiger partial charge on any atom is -0.342 e. The minimum atomic E-state index is -1.18. The molecule has 3 aromatic rings. The van der Waals surface area contributed by atoms with Crippen LogP contribution in [0.5, 0.6) is 0 Å². The fourth-order valence-electron chi connectivity index (χ4n) is 4.73. The summed E-state index contributed by atoms with van der Waals surface area (Å²) in [6.45, 7) is 0.0462. The highest BCUT2D eigenvalue weighted by atomic mass is 35.5. The Morgan fingerprint density at radius 3 is 2.48 bits per heavy atom. The Balaban J connectivity index is 1.52. The second-order valence-corrected chi connectivity index (χ2v) is 10.1. The first-order valence-electron chi connectivity index (χ1n) is 13.3. The molecular formula is C30H28ClFN6O4. The van der Waals surface area contributed by atoms with Crippen LogP contribution in [0.15, 0.2) is 77.9 Å². The lowest BCUT2D eigenvalue weighted by Crippen LogP contribution is -2.56. The maximum absolute atomic E-state index is 13.8. The van der Waals surface area contributed by atoms with Gasteiger partial charge in [0.25, 0.3) is 0 Å². The third kappa shape index (κ3) is 7.72. The second kappa shape index (κ2) is 14.2. The maximum Gasteiger partial charge on any atom is 0.246 e. The number of fused-ring (bicyclic) bond motifs is 1. The maximum atomic E-state index is 13.8. The molecular weight excluding hydrogens is 563 g/mol. The van der Waals surface area contributed by atoms with Gasteiger partial charge in [-0.2, -0.15) is 0 Å². The minimum absolute atomic E-state index is 0.0104. The first-order chi connectivity index (χ1) is 20.3. The van der Waals surface area contributed by atoms with Crippen molar-refractivity contribution in [1.29, 1.82) is 0 Å². The van der Waals surface area contributed by atoms with Crippen molar-refractivity contribution in [3.63, 3.8) is 0 Å². The van der Waals surface area contributed by atoms with Crippen LogP contribution >= 0.6 is 11.6 Å². The topological polar surface area (TPSA) is 144 Å². The third-order valence-corrected chi connectivity index (χ3v) is 7.26. The Kier molecular flexibility index (Phi) is 10.3. The Morgan fingerprint density at radius 1 is 1.02 bits per heavy atom. The molecule has 2 N–H and O–H groups in total. The van der Waals surface area contributed by atoms with Crippen molar-refractivity contribution in [2.45, 2.75) is 44.3 Å². The highest BCUT2D eigenvalue weighted by Crippen LogP contribution is 2.26. The largest absolute Gasteiger partial charge is 0.342 e. The first-order valence-corrected chi connectivity index (χ1v) is 13.7. The molecule has 3 amide bonds. The molecule has 3 aromatic carbocycles. The molecule has 12 heteroatoms. The average Bonchev–Trinajstić information content (AvgIpc) is 3.00. The number of azide groups is 1. The molecule has 216 valence electrons. The summed E-state index contributed by atoms with van der Waals surface area (Å²) in [5.74, 6) is -2.49. The standard InChI is InChI=1S/C30H28ClFN6O4/c31-23-11-10-22(32)17-25(23)36-29(41)24(14-15-34-37-33)35-30(42)26-16-20-8-4-5-9-21(20)18-38(26)28(40)13-12-27(39)19-6-2-1-3-7-19/h1-11,17,24,26H,12-16,18H2,(H,35,42)(H,36,41)/t24-,26-/m0/s1. The normalized spacial score (nSPS) is 14.6. The number of rotatable bonds is 11. The monoisotopic (exact) mass is 590 g/mol. The molecule has 0 bridgehead atoms. The summed E-state index contributed by atoms with van der Waals surface area (Å²) in [6.07, 6.45) is 0.0116. The van der Waals surface area contributed by atoms with Crippen molar-refractivity contribution in [3.05, 3.63) is 111 Å². The fraction of sp³-hybridized carbons (Fsp3) is 0.267. The van der Waals surface area contributed by atoms with Crippen LogP contribution < -0.4 is 10.6 Å². The van der Waals surface area contributed by atoms with Crippen molar-refractivity contribution in [2.75, 3.05) is 11.9 Å². The number of ketones is 1. The van der Waals surface area contributed by atoms with Gasteiger partial charge in [-0.15, -0.1) is 0 Å². The van der Waals surface area contributed by atoms with Crippen LogP contribution in [0, 0.1) is 5.82 Å². The van der Waals surface area contributed by atoms with E-state index in [2.05, 4.69) is 20.7 Å². The van der Waals surface area contributed by atoms with Gasteiger partial charge in [0.1, 0.15) is 17.9 Å². The zero-order valence-corrected chi connectivity index (χ0v) is 23.3. The van der Waals surface area contributed by atoms with Gasteiger partial charge in [0.05, 0.1) is 10.7 Å². The lowest BCUT2D eigenvalue weighted by atomic mass is 9.92. The molecule has 0 radical (unpaired) electrons. The number of nitrogens with zero attached hydrogens (tertiary/aromatic N) is 4. The Labute approximate surface area is 246 Å². The summed E-state index contributed by atoms with van der Waals surface area (Å²) in [6, 6.07) is 17.4. The van der Waals surface area contributed by atoms with Gasteiger partial charge in [0, 0.05) is 42.8 Å². The predicted octanol–water partition coefficient (Wildman–Crippen LogP) is 5.22. The quantitative estimate of drug-likeness (QED) is 0.136. The van der Waals surface area contributed by atoms with Crippen molar-refractivity contribution >= 4 is 40.8 Å². The Bertz CT molecular complexity index is 1530. The summed E-state index contributed by atoms with van der Waals surface area (Å²) in [5.41, 5.74) is 11.0. The second-order valence-electron chi connectivity index (χ2n) is 9.72. The number of carbonyl (C=O) groups excluding carboxylic acids is 4. The average molecular weight is 591 g/mol. The number of Topliss-reactive ketones (excluding diaryl/α,β-unsaturated/α-hetero) is 1. The number of carbonyl (C=O) groups is 4. The van der Waals surface area contributed by atoms with Crippen molar-refractivity contribution < 1.29 is 23.6 Å². The highest BCUT2D eigenvalue weighted by Gasteiger charge is 2.36. The number of hydrogen-bond donors (Lipinski definition) is 2. The molecule has 4 rings (SSSR count). The van der Waals surface area contributed by atoms with Crippen LogP contribution in [0.25, 0.3) is 10.4 Å². The highest BCUT2D eigenvalue weighted by molar-refractivity contribution is 6.33. The Morgan fingerprint density at radius 2 is 1.74 bits per heavy atom. The van der Waals surface area contributed by atoms with Crippen LogP contribution in [-0.4, -0.2) is 47.0 Å². The smallest absolute Gasteiger partial charge is 0.246 e. The van der Waals surface area contributed by atoms with Gasteiger partial charge < -0.3 is 15.5 Å². The first kappa shape index (κ1) is 30.2. The van der Waals surface area contributed by atoms with Crippen molar-refractivity contribution in [1.82, 2.24) is 10.2 Å². The summed E-state index contributed by atoms with van der Waals surface area (Å²) >= 11 is 6.09. The van der Waals surface area contributed by atoms with Gasteiger partial charge in [0.2, 0.25) is 17.7 Å². The van der Waals surface area contributed by atoms with E-state index in [1.807, 2.05) is 24.3 Å². The van der Waals surface area contributed by atoms with Gasteiger partial charge in [-0.25, -0.2) is 4.39 Å². The summed E-state index contributed by atoms with van der Waals surface area (Å²) in [7, 11) is 0. The van der Waals surface area contributed by atoms with Gasteiger partial charge in [0.15, 0.2) is 5.78 Å². The zero-order valence-electron chi connectivity index (χ0n) is 22.5. The molecule has 0 fully saturated rings. The summed E-state index contributed by atoms with van der Waals surface area (Å²) in [5, 5.41) is 8.73. The van der Waals surface area contributed by atoms with Crippen LogP contribution in [0.2, 0.25) is 5.02 Å². The lowest BCUT2D eigenvalue weighted by molar-refractivity contribution is -0.142. The van der Waals surface area contributed by atoms with E-state index in [0.717, 1.165) is 23.3 Å². The van der Waals surface area contributed by atoms with E-state index in [-0.39, 0.29) is 61.2 Å². The molecule has 0 saturated heterocycles. The number of anilines is 1. The van der Waals surface area contributed by atoms with Crippen LogP contribution in [-0.2, 0) is 27.3 Å². The molecule has 0 aliphatic carbocycles. The van der Waals surface area contributed by atoms with Gasteiger partial charge in [-0.3, -0.25) is 19.2 Å². The van der Waals surface area contributed by atoms with Crippen molar-refractivity contribution in [3.8, 4) is 0 Å². The van der Waals surface area contributed by atoms with Crippen LogP contribution in [0.3, 0.4) is 0 Å². The Hall–Kier alpha value is -4.73. The number of nitrogens with one attached hydrogen (secondary N) is 2. The molecule has 0 saturated carbocycles. The van der Waals surface area contributed by atoms with E-state index >= 15 is 0 Å². The van der Waals surface area contributed by atoms with E-state index in [4.69, 9.17) is 17.1 Å². The predicted molar refractivity (Wildman–Crippen MR) is 155 cm³/mol. The number of amides is 3. The van der Waals surface area contributed by atoms with E-state index in [9.17, 15) is 23.6 Å². The molecule has 1 heterocycles. The van der Waals surface area contributed by atoms with Crippen molar-refractivity contribution in [2.24, 2.45) is 5.11 Å². The molecule has 0 aromatic heterocycles. The van der Waals surface area contributed by atoms with Gasteiger partial charge >= 0.3 is 0 Å². The number of benzene rings is 3. The van der Waals surface area contributed by atoms with Gasteiger partial charge in [-0.1, -0.05) is 71.3 Å². The summed E-state index contributed by atoms with van der Waals surface area (Å²) in [4.78, 5) is 57.0. The fourth-order valence-corrected chi connectivity index (χ4v) is 4.90. The molecule has 0 unspecified atom stereocenters. The van der Waals surface area contributed by atoms with E-state index in [0.29, 0.717) is 5.56 Å². The number of halogens is 2. The molecule has 0 spiro atoms. The van der Waals surface area contributed by atoms with Crippen LogP contribution in [0.4, 0.5) is 10.1 Å². The van der Waals surface area contributed by atoms with E-state index in [1.165, 1.54) is 11.0 Å². The summed E-state index contributed by atoms with van der Waals surface area (Å²) < 4.78 is 13.8. The molecule has 2 atom stereocenters.